The maximum atomic E-state index is 11.3. The van der Waals surface area contributed by atoms with Crippen molar-refractivity contribution in [2.75, 3.05) is 0 Å². The smallest absolute Gasteiger partial charge is 0.220 e. The molecule has 1 aliphatic carbocycles. The first kappa shape index (κ1) is 9.97. The van der Waals surface area contributed by atoms with E-state index in [1.54, 1.807) is 0 Å². The van der Waals surface area contributed by atoms with Crippen LogP contribution < -0.4 is 10.6 Å². The lowest BCUT2D eigenvalue weighted by molar-refractivity contribution is -0.124. The average Bonchev–Trinajstić information content (AvgIpc) is 2.90. The van der Waals surface area contributed by atoms with Gasteiger partial charge in [0.2, 0.25) is 5.91 Å². The Bertz CT molecular complexity index is 223. The van der Waals surface area contributed by atoms with Crippen molar-refractivity contribution in [2.45, 2.75) is 57.7 Å². The molecule has 14 heavy (non-hydrogen) atoms. The number of nitrogens with one attached hydrogen (secondary N) is 2. The Morgan fingerprint density at radius 2 is 2.07 bits per heavy atom. The largest absolute Gasteiger partial charge is 0.352 e. The second-order valence-corrected chi connectivity index (χ2v) is 4.90. The first-order valence-corrected chi connectivity index (χ1v) is 5.72. The first-order valence-electron chi connectivity index (χ1n) is 5.72. The number of rotatable bonds is 3. The normalized spacial score (nSPS) is 33.2. The molecule has 2 unspecified atom stereocenters. The molecule has 3 nitrogen and oxygen atoms in total. The standard InChI is InChI=1S/C11H20N2O/c1-7(2)12-9-5-6-10(14)13-11(9)8-3-4-8/h7-9,11-12H,3-6H2,1-2H3,(H,13,14). The Kier molecular flexibility index (Phi) is 2.77. The highest BCUT2D eigenvalue weighted by molar-refractivity contribution is 5.77. The fourth-order valence-corrected chi connectivity index (χ4v) is 2.34. The number of piperidine rings is 1. The molecule has 0 aromatic carbocycles. The Balaban J connectivity index is 1.95. The van der Waals surface area contributed by atoms with Gasteiger partial charge in [-0.15, -0.1) is 0 Å². The van der Waals surface area contributed by atoms with Crippen LogP contribution in [0.5, 0.6) is 0 Å². The molecule has 2 fully saturated rings. The molecule has 0 spiro atoms. The van der Waals surface area contributed by atoms with Gasteiger partial charge in [-0.3, -0.25) is 4.79 Å². The third-order valence-electron chi connectivity index (χ3n) is 3.12. The summed E-state index contributed by atoms with van der Waals surface area (Å²) in [5, 5.41) is 6.69. The van der Waals surface area contributed by atoms with E-state index < -0.39 is 0 Å². The fourth-order valence-electron chi connectivity index (χ4n) is 2.34. The van der Waals surface area contributed by atoms with Gasteiger partial charge >= 0.3 is 0 Å². The van der Waals surface area contributed by atoms with Gasteiger partial charge < -0.3 is 10.6 Å². The van der Waals surface area contributed by atoms with Crippen molar-refractivity contribution in [3.8, 4) is 0 Å². The molecule has 1 saturated heterocycles. The van der Waals surface area contributed by atoms with Gasteiger partial charge in [0, 0.05) is 24.5 Å². The van der Waals surface area contributed by atoms with Gasteiger partial charge in [-0.05, 0) is 25.2 Å². The predicted octanol–water partition coefficient (Wildman–Crippen LogP) is 1.04. The Labute approximate surface area is 85.6 Å². The van der Waals surface area contributed by atoms with Gasteiger partial charge in [-0.2, -0.15) is 0 Å². The molecule has 2 atom stereocenters. The molecule has 3 heteroatoms. The summed E-state index contributed by atoms with van der Waals surface area (Å²) < 4.78 is 0. The zero-order chi connectivity index (χ0) is 10.1. The number of amides is 1. The average molecular weight is 196 g/mol. The first-order chi connectivity index (χ1) is 6.66. The lowest BCUT2D eigenvalue weighted by atomic mass is 9.93. The lowest BCUT2D eigenvalue weighted by Gasteiger charge is -2.34. The maximum Gasteiger partial charge on any atom is 0.220 e. The van der Waals surface area contributed by atoms with Crippen LogP contribution in [0.4, 0.5) is 0 Å². The number of hydrogen-bond donors (Lipinski definition) is 2. The molecule has 0 aromatic heterocycles. The minimum atomic E-state index is 0.240. The van der Waals surface area contributed by atoms with Crippen molar-refractivity contribution in [3.05, 3.63) is 0 Å². The van der Waals surface area contributed by atoms with Crippen LogP contribution in [0.2, 0.25) is 0 Å². The highest BCUT2D eigenvalue weighted by atomic mass is 16.1. The zero-order valence-corrected chi connectivity index (χ0v) is 9.05. The van der Waals surface area contributed by atoms with E-state index in [9.17, 15) is 4.79 Å². The molecule has 2 N–H and O–H groups in total. The van der Waals surface area contributed by atoms with Crippen LogP contribution >= 0.6 is 0 Å². The molecule has 1 saturated carbocycles. The summed E-state index contributed by atoms with van der Waals surface area (Å²) in [7, 11) is 0. The van der Waals surface area contributed by atoms with E-state index in [4.69, 9.17) is 0 Å². The second-order valence-electron chi connectivity index (χ2n) is 4.90. The third kappa shape index (κ3) is 2.27. The summed E-state index contributed by atoms with van der Waals surface area (Å²) >= 11 is 0. The number of hydrogen-bond acceptors (Lipinski definition) is 2. The summed E-state index contributed by atoms with van der Waals surface area (Å²) in [6, 6.07) is 1.41. The van der Waals surface area contributed by atoms with Crippen LogP contribution in [0.3, 0.4) is 0 Å². The summed E-state index contributed by atoms with van der Waals surface area (Å²) in [5.74, 6) is 0.985. The van der Waals surface area contributed by atoms with Crippen molar-refractivity contribution in [3.63, 3.8) is 0 Å². The summed E-state index contributed by atoms with van der Waals surface area (Å²) in [5.41, 5.74) is 0. The van der Waals surface area contributed by atoms with E-state index >= 15 is 0 Å². The monoisotopic (exact) mass is 196 g/mol. The highest BCUT2D eigenvalue weighted by Gasteiger charge is 2.39. The van der Waals surface area contributed by atoms with E-state index in [1.165, 1.54) is 12.8 Å². The van der Waals surface area contributed by atoms with E-state index in [1.807, 2.05) is 0 Å². The molecular formula is C11H20N2O. The summed E-state index contributed by atoms with van der Waals surface area (Å²) in [4.78, 5) is 11.3. The van der Waals surface area contributed by atoms with Crippen LogP contribution in [0.1, 0.15) is 39.5 Å². The summed E-state index contributed by atoms with van der Waals surface area (Å²) in [6.07, 6.45) is 4.28. The van der Waals surface area contributed by atoms with E-state index in [0.717, 1.165) is 12.3 Å². The minimum absolute atomic E-state index is 0.240. The maximum absolute atomic E-state index is 11.3. The highest BCUT2D eigenvalue weighted by Crippen LogP contribution is 2.36. The summed E-state index contributed by atoms with van der Waals surface area (Å²) in [6.45, 7) is 4.33. The van der Waals surface area contributed by atoms with Crippen molar-refractivity contribution in [1.82, 2.24) is 10.6 Å². The topological polar surface area (TPSA) is 41.1 Å². The second kappa shape index (κ2) is 3.89. The SMILES string of the molecule is CC(C)NC1CCC(=O)NC1C1CC1. The van der Waals surface area contributed by atoms with Crippen molar-refractivity contribution in [1.29, 1.82) is 0 Å². The van der Waals surface area contributed by atoms with E-state index in [0.29, 0.717) is 24.5 Å². The van der Waals surface area contributed by atoms with Crippen LogP contribution in [-0.4, -0.2) is 24.0 Å². The molecule has 0 aromatic rings. The van der Waals surface area contributed by atoms with Crippen molar-refractivity contribution < 1.29 is 4.79 Å². The molecule has 1 heterocycles. The van der Waals surface area contributed by atoms with Gasteiger partial charge in [0.15, 0.2) is 0 Å². The van der Waals surface area contributed by atoms with Gasteiger partial charge in [0.1, 0.15) is 0 Å². The van der Waals surface area contributed by atoms with Gasteiger partial charge in [-0.25, -0.2) is 0 Å². The Morgan fingerprint density at radius 3 is 2.64 bits per heavy atom. The third-order valence-corrected chi connectivity index (χ3v) is 3.12. The van der Waals surface area contributed by atoms with Crippen LogP contribution in [-0.2, 0) is 4.79 Å². The van der Waals surface area contributed by atoms with Crippen molar-refractivity contribution in [2.24, 2.45) is 5.92 Å². The van der Waals surface area contributed by atoms with E-state index in [-0.39, 0.29) is 5.91 Å². The molecule has 0 radical (unpaired) electrons. The van der Waals surface area contributed by atoms with E-state index in [2.05, 4.69) is 24.5 Å². The molecule has 1 aliphatic heterocycles. The Morgan fingerprint density at radius 1 is 1.36 bits per heavy atom. The van der Waals surface area contributed by atoms with Crippen LogP contribution in [0.25, 0.3) is 0 Å². The van der Waals surface area contributed by atoms with Crippen LogP contribution in [0.15, 0.2) is 0 Å². The van der Waals surface area contributed by atoms with Crippen LogP contribution in [0, 0.1) is 5.92 Å². The van der Waals surface area contributed by atoms with Crippen molar-refractivity contribution >= 4 is 5.91 Å². The number of carbonyl (C=O) groups is 1. The molecule has 1 amide bonds. The molecule has 80 valence electrons. The van der Waals surface area contributed by atoms with Gasteiger partial charge in [-0.1, -0.05) is 13.8 Å². The molecule has 2 aliphatic rings. The van der Waals surface area contributed by atoms with Gasteiger partial charge in [0.25, 0.3) is 0 Å². The predicted molar refractivity (Wildman–Crippen MR) is 55.9 cm³/mol. The number of carbonyl (C=O) groups excluding carboxylic acids is 1. The quantitative estimate of drug-likeness (QED) is 0.708. The Hall–Kier alpha value is -0.570. The van der Waals surface area contributed by atoms with Gasteiger partial charge in [0.05, 0.1) is 0 Å². The lowest BCUT2D eigenvalue weighted by Crippen LogP contribution is -2.56. The molecular weight excluding hydrogens is 176 g/mol. The fraction of sp³-hybridized carbons (Fsp3) is 0.909. The molecule has 2 rings (SSSR count). The molecule has 0 bridgehead atoms. The minimum Gasteiger partial charge on any atom is -0.352 e. The zero-order valence-electron chi connectivity index (χ0n) is 9.05.